The van der Waals surface area contributed by atoms with E-state index in [-0.39, 0.29) is 0 Å². The summed E-state index contributed by atoms with van der Waals surface area (Å²) in [6.07, 6.45) is 12.0. The standard InChI is InChI=1S/C12H19Br/c1-4-7-11(2)10-12(3)8-5-6-9-13/h4-7,10-11H,8-9H2,1-3H3/b6-5+,7-4+,12-10-/t11-/m0/s1. The Morgan fingerprint density at radius 1 is 1.38 bits per heavy atom. The second kappa shape index (κ2) is 8.31. The lowest BCUT2D eigenvalue weighted by molar-refractivity contribution is 0.914. The summed E-state index contributed by atoms with van der Waals surface area (Å²) in [4.78, 5) is 0. The van der Waals surface area contributed by atoms with Gasteiger partial charge in [0.2, 0.25) is 0 Å². The van der Waals surface area contributed by atoms with Crippen LogP contribution in [0.25, 0.3) is 0 Å². The molecule has 0 heterocycles. The first-order valence-electron chi connectivity index (χ1n) is 4.71. The molecule has 0 nitrogen and oxygen atoms in total. The fraction of sp³-hybridized carbons (Fsp3) is 0.500. The van der Waals surface area contributed by atoms with Crippen molar-refractivity contribution in [2.75, 3.05) is 5.33 Å². The van der Waals surface area contributed by atoms with Gasteiger partial charge in [0.05, 0.1) is 0 Å². The van der Waals surface area contributed by atoms with Gasteiger partial charge in [0.25, 0.3) is 0 Å². The van der Waals surface area contributed by atoms with Crippen molar-refractivity contribution in [3.63, 3.8) is 0 Å². The molecule has 0 rings (SSSR count). The van der Waals surface area contributed by atoms with Crippen LogP contribution in [0.2, 0.25) is 0 Å². The highest BCUT2D eigenvalue weighted by Crippen LogP contribution is 2.08. The van der Waals surface area contributed by atoms with Crippen LogP contribution >= 0.6 is 15.9 Å². The van der Waals surface area contributed by atoms with E-state index in [9.17, 15) is 0 Å². The van der Waals surface area contributed by atoms with Gasteiger partial charge in [-0.3, -0.25) is 0 Å². The van der Waals surface area contributed by atoms with Gasteiger partial charge in [0, 0.05) is 5.33 Å². The van der Waals surface area contributed by atoms with E-state index in [4.69, 9.17) is 0 Å². The summed E-state index contributed by atoms with van der Waals surface area (Å²) in [5.41, 5.74) is 1.43. The molecule has 13 heavy (non-hydrogen) atoms. The molecule has 0 aromatic carbocycles. The monoisotopic (exact) mass is 242 g/mol. The highest BCUT2D eigenvalue weighted by Gasteiger charge is 1.91. The zero-order chi connectivity index (χ0) is 10.1. The Balaban J connectivity index is 3.93. The van der Waals surface area contributed by atoms with Crippen LogP contribution in [-0.4, -0.2) is 5.33 Å². The third-order valence-corrected chi connectivity index (χ3v) is 2.11. The number of hydrogen-bond acceptors (Lipinski definition) is 0. The topological polar surface area (TPSA) is 0 Å². The van der Waals surface area contributed by atoms with Gasteiger partial charge in [0.1, 0.15) is 0 Å². The third kappa shape index (κ3) is 8.04. The minimum Gasteiger partial charge on any atom is -0.0911 e. The molecule has 0 aliphatic rings. The highest BCUT2D eigenvalue weighted by molar-refractivity contribution is 9.09. The average Bonchev–Trinajstić information content (AvgIpc) is 2.05. The lowest BCUT2D eigenvalue weighted by Gasteiger charge is -2.00. The van der Waals surface area contributed by atoms with Gasteiger partial charge in [-0.05, 0) is 26.2 Å². The summed E-state index contributed by atoms with van der Waals surface area (Å²) >= 11 is 3.36. The molecule has 0 N–H and O–H groups in total. The van der Waals surface area contributed by atoms with E-state index in [1.807, 2.05) is 0 Å². The Hall–Kier alpha value is -0.300. The third-order valence-electron chi connectivity index (χ3n) is 1.74. The summed E-state index contributed by atoms with van der Waals surface area (Å²) < 4.78 is 0. The molecule has 74 valence electrons. The molecule has 0 bridgehead atoms. The fourth-order valence-electron chi connectivity index (χ4n) is 1.21. The van der Waals surface area contributed by atoms with E-state index in [1.165, 1.54) is 5.57 Å². The van der Waals surface area contributed by atoms with Gasteiger partial charge in [-0.2, -0.15) is 0 Å². The van der Waals surface area contributed by atoms with Crippen molar-refractivity contribution < 1.29 is 0 Å². The van der Waals surface area contributed by atoms with Gasteiger partial charge in [-0.25, -0.2) is 0 Å². The molecule has 0 spiro atoms. The molecule has 0 unspecified atom stereocenters. The average molecular weight is 243 g/mol. The van der Waals surface area contributed by atoms with Crippen LogP contribution in [0.15, 0.2) is 36.0 Å². The Labute approximate surface area is 90.6 Å². The molecule has 0 aromatic heterocycles. The molecule has 0 saturated carbocycles. The van der Waals surface area contributed by atoms with E-state index in [2.05, 4.69) is 67.1 Å². The van der Waals surface area contributed by atoms with E-state index in [1.54, 1.807) is 0 Å². The Kier molecular flexibility index (Phi) is 8.11. The van der Waals surface area contributed by atoms with Crippen molar-refractivity contribution in [3.8, 4) is 0 Å². The predicted octanol–water partition coefficient (Wildman–Crippen LogP) is 4.49. The summed E-state index contributed by atoms with van der Waals surface area (Å²) in [5.74, 6) is 0.558. The normalized spacial score (nSPS) is 15.8. The lowest BCUT2D eigenvalue weighted by atomic mass is 10.1. The van der Waals surface area contributed by atoms with Crippen molar-refractivity contribution in [2.24, 2.45) is 5.92 Å². The van der Waals surface area contributed by atoms with Gasteiger partial charge in [-0.1, -0.05) is 58.8 Å². The van der Waals surface area contributed by atoms with Crippen molar-refractivity contribution in [3.05, 3.63) is 36.0 Å². The van der Waals surface area contributed by atoms with E-state index in [0.29, 0.717) is 5.92 Å². The van der Waals surface area contributed by atoms with Crippen molar-refractivity contribution in [1.29, 1.82) is 0 Å². The summed E-state index contributed by atoms with van der Waals surface area (Å²) in [6, 6.07) is 0. The van der Waals surface area contributed by atoms with Crippen LogP contribution < -0.4 is 0 Å². The molecule has 1 heteroatoms. The Bertz CT molecular complexity index is 199. The number of allylic oxidation sites excluding steroid dienone is 6. The fourth-order valence-corrected chi connectivity index (χ4v) is 1.47. The molecule has 0 fully saturated rings. The SMILES string of the molecule is C/C=C/[C@H](C)/C=C(/C)C/C=C/CBr. The van der Waals surface area contributed by atoms with Crippen LogP contribution in [-0.2, 0) is 0 Å². The molecule has 0 aliphatic carbocycles. The molecular formula is C12H19Br. The highest BCUT2D eigenvalue weighted by atomic mass is 79.9. The maximum absolute atomic E-state index is 3.36. The number of rotatable bonds is 5. The molecule has 0 aliphatic heterocycles. The minimum atomic E-state index is 0.558. The van der Waals surface area contributed by atoms with Crippen molar-refractivity contribution in [2.45, 2.75) is 27.2 Å². The van der Waals surface area contributed by atoms with Crippen LogP contribution in [0.1, 0.15) is 27.2 Å². The first-order valence-corrected chi connectivity index (χ1v) is 5.84. The molecule has 0 amide bonds. The van der Waals surface area contributed by atoms with E-state index >= 15 is 0 Å². The molecule has 0 saturated heterocycles. The second-order valence-corrected chi connectivity index (χ2v) is 3.88. The summed E-state index contributed by atoms with van der Waals surface area (Å²) in [5, 5.41) is 0.949. The predicted molar refractivity (Wildman–Crippen MR) is 65.3 cm³/mol. The quantitative estimate of drug-likeness (QED) is 0.493. The summed E-state index contributed by atoms with van der Waals surface area (Å²) in [6.45, 7) is 6.45. The van der Waals surface area contributed by atoms with Gasteiger partial charge in [0.15, 0.2) is 0 Å². The number of hydrogen-bond donors (Lipinski definition) is 0. The summed E-state index contributed by atoms with van der Waals surface area (Å²) in [7, 11) is 0. The van der Waals surface area contributed by atoms with Crippen LogP contribution in [0.3, 0.4) is 0 Å². The Morgan fingerprint density at radius 3 is 2.62 bits per heavy atom. The van der Waals surface area contributed by atoms with Gasteiger partial charge >= 0.3 is 0 Å². The van der Waals surface area contributed by atoms with E-state index < -0.39 is 0 Å². The Morgan fingerprint density at radius 2 is 2.08 bits per heavy atom. The lowest BCUT2D eigenvalue weighted by Crippen LogP contribution is -1.84. The first-order chi connectivity index (χ1) is 6.20. The molecule has 0 aromatic rings. The number of halogens is 1. The van der Waals surface area contributed by atoms with Crippen LogP contribution in [0, 0.1) is 5.92 Å². The molecule has 0 radical (unpaired) electrons. The molecular weight excluding hydrogens is 224 g/mol. The van der Waals surface area contributed by atoms with Crippen LogP contribution in [0.5, 0.6) is 0 Å². The maximum atomic E-state index is 3.36. The van der Waals surface area contributed by atoms with Crippen molar-refractivity contribution in [1.82, 2.24) is 0 Å². The number of alkyl halides is 1. The van der Waals surface area contributed by atoms with Gasteiger partial charge < -0.3 is 0 Å². The zero-order valence-corrected chi connectivity index (χ0v) is 10.3. The van der Waals surface area contributed by atoms with E-state index in [0.717, 1.165) is 11.8 Å². The second-order valence-electron chi connectivity index (χ2n) is 3.23. The van der Waals surface area contributed by atoms with Gasteiger partial charge in [-0.15, -0.1) is 0 Å². The maximum Gasteiger partial charge on any atom is 0.0212 e. The zero-order valence-electron chi connectivity index (χ0n) is 8.76. The molecule has 1 atom stereocenters. The first kappa shape index (κ1) is 12.7. The van der Waals surface area contributed by atoms with Crippen LogP contribution in [0.4, 0.5) is 0 Å². The largest absolute Gasteiger partial charge is 0.0911 e. The smallest absolute Gasteiger partial charge is 0.0212 e. The van der Waals surface area contributed by atoms with Crippen molar-refractivity contribution >= 4 is 15.9 Å². The minimum absolute atomic E-state index is 0.558.